The van der Waals surface area contributed by atoms with E-state index in [0.29, 0.717) is 22.0 Å². The number of aromatic hydroxyl groups is 1. The molecule has 1 amide bonds. The molecule has 0 aliphatic rings. The minimum atomic E-state index is -0.693. The Kier molecular flexibility index (Phi) is 6.32. The Bertz CT molecular complexity index is 1170. The van der Waals surface area contributed by atoms with Crippen molar-refractivity contribution in [1.29, 1.82) is 0 Å². The van der Waals surface area contributed by atoms with Crippen molar-refractivity contribution in [2.24, 2.45) is 0 Å². The van der Waals surface area contributed by atoms with E-state index < -0.39 is 17.2 Å². The summed E-state index contributed by atoms with van der Waals surface area (Å²) in [7, 11) is 2.93. The molecule has 0 radical (unpaired) electrons. The van der Waals surface area contributed by atoms with Crippen molar-refractivity contribution in [2.45, 2.75) is 13.1 Å². The summed E-state index contributed by atoms with van der Waals surface area (Å²) in [6.07, 6.45) is 1.53. The number of benzene rings is 2. The number of rotatable bonds is 7. The van der Waals surface area contributed by atoms with Crippen LogP contribution in [-0.4, -0.2) is 29.8 Å². The van der Waals surface area contributed by atoms with Crippen LogP contribution in [0.4, 0.5) is 0 Å². The average molecular weight is 429 g/mol. The number of pyridine rings is 1. The van der Waals surface area contributed by atoms with Gasteiger partial charge in [-0.15, -0.1) is 6.58 Å². The number of hydrogen-bond donors (Lipinski definition) is 2. The highest BCUT2D eigenvalue weighted by atomic mass is 35.5. The van der Waals surface area contributed by atoms with Gasteiger partial charge in [0.25, 0.3) is 11.5 Å². The molecule has 0 spiro atoms. The van der Waals surface area contributed by atoms with Gasteiger partial charge in [-0.3, -0.25) is 9.59 Å². The highest BCUT2D eigenvalue weighted by Gasteiger charge is 2.23. The van der Waals surface area contributed by atoms with Gasteiger partial charge in [0.2, 0.25) is 0 Å². The fourth-order valence-corrected chi connectivity index (χ4v) is 3.28. The summed E-state index contributed by atoms with van der Waals surface area (Å²) in [4.78, 5) is 25.9. The maximum Gasteiger partial charge on any atom is 0.268 e. The van der Waals surface area contributed by atoms with Crippen LogP contribution in [0.15, 0.2) is 53.8 Å². The van der Waals surface area contributed by atoms with Crippen LogP contribution in [0.25, 0.3) is 10.9 Å². The van der Waals surface area contributed by atoms with Gasteiger partial charge >= 0.3 is 0 Å². The van der Waals surface area contributed by atoms with Crippen LogP contribution in [0.5, 0.6) is 17.2 Å². The normalized spacial score (nSPS) is 10.6. The number of amides is 1. The highest BCUT2D eigenvalue weighted by Crippen LogP contribution is 2.36. The molecule has 156 valence electrons. The molecule has 0 bridgehead atoms. The highest BCUT2D eigenvalue weighted by molar-refractivity contribution is 6.30. The van der Waals surface area contributed by atoms with Gasteiger partial charge < -0.3 is 24.5 Å². The monoisotopic (exact) mass is 428 g/mol. The Morgan fingerprint density at radius 3 is 2.43 bits per heavy atom. The number of carbonyl (C=O) groups excluding carboxylic acids is 1. The number of nitrogens with one attached hydrogen (secondary N) is 1. The predicted molar refractivity (Wildman–Crippen MR) is 116 cm³/mol. The second-order valence-corrected chi connectivity index (χ2v) is 6.90. The number of halogens is 1. The Morgan fingerprint density at radius 1 is 1.20 bits per heavy atom. The fourth-order valence-electron chi connectivity index (χ4n) is 3.15. The Balaban J connectivity index is 2.11. The lowest BCUT2D eigenvalue weighted by Crippen LogP contribution is -2.33. The maximum absolute atomic E-state index is 13.1. The van der Waals surface area contributed by atoms with Crippen molar-refractivity contribution in [3.8, 4) is 17.2 Å². The summed E-state index contributed by atoms with van der Waals surface area (Å²) < 4.78 is 11.9. The molecule has 30 heavy (non-hydrogen) atoms. The van der Waals surface area contributed by atoms with E-state index in [0.717, 1.165) is 5.56 Å². The predicted octanol–water partition coefficient (Wildman–Crippen LogP) is 3.49. The number of fused-ring (bicyclic) bond motifs is 1. The number of allylic oxidation sites excluding steroid dienone is 1. The van der Waals surface area contributed by atoms with E-state index in [1.807, 2.05) is 0 Å². The molecule has 1 heterocycles. The molecule has 0 unspecified atom stereocenters. The van der Waals surface area contributed by atoms with E-state index in [2.05, 4.69) is 11.9 Å². The molecule has 0 saturated carbocycles. The molecule has 1 aromatic heterocycles. The van der Waals surface area contributed by atoms with E-state index in [1.165, 1.54) is 30.9 Å². The van der Waals surface area contributed by atoms with E-state index in [-0.39, 0.29) is 24.0 Å². The molecule has 2 aromatic carbocycles. The van der Waals surface area contributed by atoms with E-state index in [4.69, 9.17) is 21.1 Å². The van der Waals surface area contributed by atoms with Gasteiger partial charge in [0, 0.05) is 29.6 Å². The van der Waals surface area contributed by atoms with Gasteiger partial charge in [0.1, 0.15) is 11.3 Å². The molecule has 7 nitrogen and oxygen atoms in total. The number of carbonyl (C=O) groups is 1. The van der Waals surface area contributed by atoms with E-state index in [1.54, 1.807) is 30.3 Å². The molecule has 3 rings (SSSR count). The quantitative estimate of drug-likeness (QED) is 0.562. The number of hydrogen-bond acceptors (Lipinski definition) is 5. The smallest absolute Gasteiger partial charge is 0.268 e. The molecule has 3 aromatic rings. The van der Waals surface area contributed by atoms with Crippen molar-refractivity contribution in [2.75, 3.05) is 14.2 Å². The number of ether oxygens (including phenoxy) is 2. The van der Waals surface area contributed by atoms with Gasteiger partial charge in [-0.2, -0.15) is 0 Å². The van der Waals surface area contributed by atoms with Gasteiger partial charge in [-0.05, 0) is 23.8 Å². The van der Waals surface area contributed by atoms with Crippen LogP contribution in [0.2, 0.25) is 5.02 Å². The fraction of sp³-hybridized carbons (Fsp3) is 0.182. The Labute approximate surface area is 178 Å². The number of aromatic nitrogens is 1. The average Bonchev–Trinajstić information content (AvgIpc) is 2.75. The third-order valence-corrected chi connectivity index (χ3v) is 4.90. The topological polar surface area (TPSA) is 89.8 Å². The number of nitrogens with zero attached hydrogens (tertiary/aromatic N) is 1. The largest absolute Gasteiger partial charge is 0.506 e. The van der Waals surface area contributed by atoms with Gasteiger partial charge in [-0.1, -0.05) is 29.8 Å². The summed E-state index contributed by atoms with van der Waals surface area (Å²) in [5, 5.41) is 14.3. The Hall–Kier alpha value is -3.45. The summed E-state index contributed by atoms with van der Waals surface area (Å²) in [5.41, 5.74) is 0.196. The molecular formula is C22H21ClN2O5. The van der Waals surface area contributed by atoms with Crippen LogP contribution in [0, 0.1) is 0 Å². The zero-order valence-electron chi connectivity index (χ0n) is 16.6. The lowest BCUT2D eigenvalue weighted by Gasteiger charge is -2.16. The minimum Gasteiger partial charge on any atom is -0.506 e. The van der Waals surface area contributed by atoms with Crippen molar-refractivity contribution < 1.29 is 19.4 Å². The van der Waals surface area contributed by atoms with Crippen molar-refractivity contribution >= 4 is 28.4 Å². The SMILES string of the molecule is C=CCn1c(=O)c(C(=O)NCc2ccc(Cl)cc2)c(O)c2cc(OC)c(OC)cc21. The van der Waals surface area contributed by atoms with Crippen LogP contribution in [-0.2, 0) is 13.1 Å². The standard InChI is InChI=1S/C22H21ClN2O5/c1-4-9-25-16-11-18(30-3)17(29-2)10-15(16)20(26)19(22(25)28)21(27)24-12-13-5-7-14(23)8-6-13/h4-8,10-11,26H,1,9,12H2,2-3H3,(H,24,27). The molecule has 2 N–H and O–H groups in total. The van der Waals surface area contributed by atoms with Gasteiger partial charge in [0.15, 0.2) is 11.5 Å². The van der Waals surface area contributed by atoms with Crippen molar-refractivity contribution in [1.82, 2.24) is 9.88 Å². The maximum atomic E-state index is 13.1. The summed E-state index contributed by atoms with van der Waals surface area (Å²) in [6.45, 7) is 3.98. The molecule has 0 atom stereocenters. The molecule has 8 heteroatoms. The summed E-state index contributed by atoms with van der Waals surface area (Å²) in [5.74, 6) is -0.370. The minimum absolute atomic E-state index is 0.141. The van der Waals surface area contributed by atoms with Gasteiger partial charge in [0.05, 0.1) is 19.7 Å². The van der Waals surface area contributed by atoms with Crippen molar-refractivity contribution in [3.63, 3.8) is 0 Å². The first kappa shape index (κ1) is 21.3. The first-order valence-corrected chi connectivity index (χ1v) is 9.44. The van der Waals surface area contributed by atoms with Crippen LogP contribution < -0.4 is 20.3 Å². The second kappa shape index (κ2) is 8.92. The van der Waals surface area contributed by atoms with Crippen LogP contribution in [0.1, 0.15) is 15.9 Å². The third kappa shape index (κ3) is 3.97. The molecular weight excluding hydrogens is 408 g/mol. The van der Waals surface area contributed by atoms with Crippen LogP contribution >= 0.6 is 11.6 Å². The van der Waals surface area contributed by atoms with E-state index in [9.17, 15) is 14.7 Å². The first-order valence-electron chi connectivity index (χ1n) is 9.06. The Morgan fingerprint density at radius 2 is 1.83 bits per heavy atom. The lowest BCUT2D eigenvalue weighted by molar-refractivity contribution is 0.0946. The van der Waals surface area contributed by atoms with Crippen LogP contribution in [0.3, 0.4) is 0 Å². The zero-order valence-corrected chi connectivity index (χ0v) is 17.3. The molecule has 0 aliphatic carbocycles. The first-order chi connectivity index (χ1) is 14.4. The number of methoxy groups -OCH3 is 2. The zero-order chi connectivity index (χ0) is 21.8. The molecule has 0 aliphatic heterocycles. The lowest BCUT2D eigenvalue weighted by atomic mass is 10.1. The third-order valence-electron chi connectivity index (χ3n) is 4.65. The molecule has 0 fully saturated rings. The van der Waals surface area contributed by atoms with Gasteiger partial charge in [-0.25, -0.2) is 0 Å². The molecule has 0 saturated heterocycles. The second-order valence-electron chi connectivity index (χ2n) is 6.46. The van der Waals surface area contributed by atoms with Crippen molar-refractivity contribution in [3.05, 3.63) is 75.6 Å². The summed E-state index contributed by atoms with van der Waals surface area (Å²) >= 11 is 5.87. The summed E-state index contributed by atoms with van der Waals surface area (Å²) in [6, 6.07) is 10.0. The van der Waals surface area contributed by atoms with E-state index >= 15 is 0 Å².